The Kier molecular flexibility index (Phi) is 7.38. The number of benzene rings is 2. The second-order valence-corrected chi connectivity index (χ2v) is 7.18. The summed E-state index contributed by atoms with van der Waals surface area (Å²) in [5.74, 6) is -2.43. The molecule has 2 atom stereocenters. The minimum atomic E-state index is -0.713. The molecule has 8 heteroatoms. The zero-order chi connectivity index (χ0) is 23.1. The fourth-order valence-electron chi connectivity index (χ4n) is 3.09. The third-order valence-electron chi connectivity index (χ3n) is 4.95. The summed E-state index contributed by atoms with van der Waals surface area (Å²) in [6.45, 7) is 3.37. The molecule has 0 N–H and O–H groups in total. The summed E-state index contributed by atoms with van der Waals surface area (Å²) < 4.78 is 17.0. The maximum atomic E-state index is 12.9. The van der Waals surface area contributed by atoms with Gasteiger partial charge in [0, 0.05) is 0 Å². The van der Waals surface area contributed by atoms with Gasteiger partial charge in [0.25, 0.3) is 0 Å². The lowest BCUT2D eigenvalue weighted by atomic mass is 10.1. The molecule has 0 unspecified atom stereocenters. The number of rotatable bonds is 8. The molecule has 0 aliphatic heterocycles. The maximum Gasteiger partial charge on any atom is 0.362 e. The standard InChI is InChI=1S/C24H24N2O6/c1-16(22(27)30-3)14-31-23(28)19-11-7-8-12-21(19)32-24(29)20-13-25-15-26(20)17(2)18-9-5-4-6-10-18/h4-13,15-17H,14H2,1-3H3/t16-,17+/m0/s1. The zero-order valence-corrected chi connectivity index (χ0v) is 18.1. The zero-order valence-electron chi connectivity index (χ0n) is 18.1. The van der Waals surface area contributed by atoms with E-state index in [4.69, 9.17) is 9.47 Å². The predicted octanol–water partition coefficient (Wildman–Crippen LogP) is 3.68. The van der Waals surface area contributed by atoms with E-state index in [-0.39, 0.29) is 29.7 Å². The van der Waals surface area contributed by atoms with Gasteiger partial charge in [0.2, 0.25) is 0 Å². The van der Waals surface area contributed by atoms with Crippen LogP contribution in [-0.4, -0.2) is 41.2 Å². The molecule has 0 fully saturated rings. The van der Waals surface area contributed by atoms with Crippen LogP contribution in [0.5, 0.6) is 5.75 Å². The number of carbonyl (C=O) groups excluding carboxylic acids is 3. The van der Waals surface area contributed by atoms with Crippen molar-refractivity contribution >= 4 is 17.9 Å². The quantitative estimate of drug-likeness (QED) is 0.392. The third kappa shape index (κ3) is 5.21. The van der Waals surface area contributed by atoms with Crippen molar-refractivity contribution < 1.29 is 28.6 Å². The first-order valence-electron chi connectivity index (χ1n) is 10.0. The van der Waals surface area contributed by atoms with Crippen molar-refractivity contribution in [1.82, 2.24) is 9.55 Å². The molecule has 0 amide bonds. The van der Waals surface area contributed by atoms with E-state index in [0.717, 1.165) is 5.56 Å². The molecule has 0 saturated heterocycles. The van der Waals surface area contributed by atoms with E-state index in [0.29, 0.717) is 0 Å². The minimum Gasteiger partial charge on any atom is -0.469 e. The van der Waals surface area contributed by atoms with Crippen LogP contribution in [0.2, 0.25) is 0 Å². The molecule has 2 aromatic carbocycles. The van der Waals surface area contributed by atoms with Crippen LogP contribution in [0.1, 0.15) is 46.3 Å². The Morgan fingerprint density at radius 2 is 1.66 bits per heavy atom. The first kappa shape index (κ1) is 22.7. The predicted molar refractivity (Wildman–Crippen MR) is 115 cm³/mol. The molecule has 1 heterocycles. The fourth-order valence-corrected chi connectivity index (χ4v) is 3.09. The van der Waals surface area contributed by atoms with Crippen molar-refractivity contribution in [2.75, 3.05) is 13.7 Å². The van der Waals surface area contributed by atoms with E-state index >= 15 is 0 Å². The normalized spacial score (nSPS) is 12.5. The van der Waals surface area contributed by atoms with Crippen molar-refractivity contribution in [2.45, 2.75) is 19.9 Å². The number of carbonyl (C=O) groups is 3. The van der Waals surface area contributed by atoms with Crippen LogP contribution in [0, 0.1) is 5.92 Å². The van der Waals surface area contributed by atoms with Gasteiger partial charge >= 0.3 is 17.9 Å². The maximum absolute atomic E-state index is 12.9. The van der Waals surface area contributed by atoms with Gasteiger partial charge in [-0.1, -0.05) is 42.5 Å². The van der Waals surface area contributed by atoms with Gasteiger partial charge in [-0.05, 0) is 31.5 Å². The second kappa shape index (κ2) is 10.4. The topological polar surface area (TPSA) is 96.7 Å². The Labute approximate surface area is 185 Å². The fraction of sp³-hybridized carbons (Fsp3) is 0.250. The summed E-state index contributed by atoms with van der Waals surface area (Å²) in [6.07, 6.45) is 2.98. The lowest BCUT2D eigenvalue weighted by molar-refractivity contribution is -0.146. The summed E-state index contributed by atoms with van der Waals surface area (Å²) in [5, 5.41) is 0. The van der Waals surface area contributed by atoms with Gasteiger partial charge in [-0.15, -0.1) is 0 Å². The van der Waals surface area contributed by atoms with E-state index in [1.165, 1.54) is 25.4 Å². The van der Waals surface area contributed by atoms with Crippen LogP contribution in [-0.2, 0) is 14.3 Å². The highest BCUT2D eigenvalue weighted by Crippen LogP contribution is 2.23. The number of para-hydroxylation sites is 1. The smallest absolute Gasteiger partial charge is 0.362 e. The van der Waals surface area contributed by atoms with Crippen molar-refractivity contribution in [3.8, 4) is 5.75 Å². The van der Waals surface area contributed by atoms with Crippen LogP contribution in [0.25, 0.3) is 0 Å². The largest absolute Gasteiger partial charge is 0.469 e. The number of imidazole rings is 1. The Hall–Kier alpha value is -3.94. The van der Waals surface area contributed by atoms with Gasteiger partial charge in [-0.3, -0.25) is 4.79 Å². The van der Waals surface area contributed by atoms with Crippen LogP contribution >= 0.6 is 0 Å². The number of methoxy groups -OCH3 is 1. The molecule has 1 aromatic heterocycles. The van der Waals surface area contributed by atoms with Crippen LogP contribution in [0.3, 0.4) is 0 Å². The number of aromatic nitrogens is 2. The molecular formula is C24H24N2O6. The molecule has 0 spiro atoms. The minimum absolute atomic E-state index is 0.0494. The first-order chi connectivity index (χ1) is 15.4. The second-order valence-electron chi connectivity index (χ2n) is 7.18. The van der Waals surface area contributed by atoms with E-state index in [1.807, 2.05) is 37.3 Å². The van der Waals surface area contributed by atoms with Crippen LogP contribution in [0.15, 0.2) is 67.1 Å². The number of hydrogen-bond acceptors (Lipinski definition) is 7. The van der Waals surface area contributed by atoms with Gasteiger partial charge < -0.3 is 18.8 Å². The number of esters is 3. The van der Waals surface area contributed by atoms with Gasteiger partial charge in [0.15, 0.2) is 0 Å². The summed E-state index contributed by atoms with van der Waals surface area (Å²) in [4.78, 5) is 41.0. The van der Waals surface area contributed by atoms with E-state index in [1.54, 1.807) is 30.0 Å². The van der Waals surface area contributed by atoms with Gasteiger partial charge in [0.1, 0.15) is 23.6 Å². The summed E-state index contributed by atoms with van der Waals surface area (Å²) in [7, 11) is 1.26. The first-order valence-corrected chi connectivity index (χ1v) is 10.0. The average molecular weight is 436 g/mol. The number of nitrogens with zero attached hydrogens (tertiary/aromatic N) is 2. The molecule has 0 aliphatic carbocycles. The number of hydrogen-bond donors (Lipinski definition) is 0. The molecule has 8 nitrogen and oxygen atoms in total. The highest BCUT2D eigenvalue weighted by atomic mass is 16.6. The van der Waals surface area contributed by atoms with E-state index in [9.17, 15) is 14.4 Å². The average Bonchev–Trinajstić information content (AvgIpc) is 3.32. The van der Waals surface area contributed by atoms with Gasteiger partial charge in [-0.25, -0.2) is 14.6 Å². The molecule has 3 aromatic rings. The molecular weight excluding hydrogens is 412 g/mol. The lowest BCUT2D eigenvalue weighted by Gasteiger charge is -2.17. The molecule has 3 rings (SSSR count). The third-order valence-corrected chi connectivity index (χ3v) is 4.95. The van der Waals surface area contributed by atoms with Crippen molar-refractivity contribution in [3.63, 3.8) is 0 Å². The Morgan fingerprint density at radius 3 is 2.38 bits per heavy atom. The van der Waals surface area contributed by atoms with Gasteiger partial charge in [0.05, 0.1) is 31.6 Å². The highest BCUT2D eigenvalue weighted by Gasteiger charge is 2.23. The Bertz CT molecular complexity index is 1090. The molecule has 0 radical (unpaired) electrons. The molecule has 166 valence electrons. The molecule has 0 bridgehead atoms. The highest BCUT2D eigenvalue weighted by molar-refractivity contribution is 5.95. The summed E-state index contributed by atoms with van der Waals surface area (Å²) in [6, 6.07) is 15.8. The summed E-state index contributed by atoms with van der Waals surface area (Å²) in [5.41, 5.74) is 1.31. The Balaban J connectivity index is 1.75. The molecule has 0 aliphatic rings. The van der Waals surface area contributed by atoms with E-state index < -0.39 is 23.8 Å². The SMILES string of the molecule is COC(=O)[C@@H](C)COC(=O)c1ccccc1OC(=O)c1cncn1[C@H](C)c1ccccc1. The van der Waals surface area contributed by atoms with E-state index in [2.05, 4.69) is 9.72 Å². The van der Waals surface area contributed by atoms with Crippen molar-refractivity contribution in [2.24, 2.45) is 5.92 Å². The summed E-state index contributed by atoms with van der Waals surface area (Å²) >= 11 is 0. The Morgan fingerprint density at radius 1 is 0.969 bits per heavy atom. The molecule has 0 saturated carbocycles. The van der Waals surface area contributed by atoms with Gasteiger partial charge in [-0.2, -0.15) is 0 Å². The lowest BCUT2D eigenvalue weighted by Crippen LogP contribution is -2.21. The van der Waals surface area contributed by atoms with Crippen LogP contribution < -0.4 is 4.74 Å². The monoisotopic (exact) mass is 436 g/mol. The van der Waals surface area contributed by atoms with Crippen molar-refractivity contribution in [3.05, 3.63) is 83.9 Å². The molecule has 32 heavy (non-hydrogen) atoms. The number of ether oxygens (including phenoxy) is 3. The van der Waals surface area contributed by atoms with Crippen LogP contribution in [0.4, 0.5) is 0 Å². The van der Waals surface area contributed by atoms with Crippen molar-refractivity contribution in [1.29, 1.82) is 0 Å².